The number of piperazine rings is 1. The van der Waals surface area contributed by atoms with E-state index >= 15 is 0 Å². The summed E-state index contributed by atoms with van der Waals surface area (Å²) < 4.78 is 18.5. The van der Waals surface area contributed by atoms with E-state index in [4.69, 9.17) is 4.74 Å². The summed E-state index contributed by atoms with van der Waals surface area (Å²) in [6.07, 6.45) is 1.37. The van der Waals surface area contributed by atoms with E-state index in [0.717, 1.165) is 13.1 Å². The van der Waals surface area contributed by atoms with Crippen LogP contribution in [0.4, 0.5) is 10.1 Å². The molecule has 0 radical (unpaired) electrons. The van der Waals surface area contributed by atoms with E-state index in [1.54, 1.807) is 7.11 Å². The zero-order valence-corrected chi connectivity index (χ0v) is 18.1. The molecule has 2 heterocycles. The van der Waals surface area contributed by atoms with Gasteiger partial charge < -0.3 is 20.3 Å². The first-order chi connectivity index (χ1) is 13.0. The molecule has 0 aromatic heterocycles. The third-order valence-electron chi connectivity index (χ3n) is 5.35. The number of nitrogens with zero attached hydrogens (tertiary/aromatic N) is 2. The predicted molar refractivity (Wildman–Crippen MR) is 114 cm³/mol. The number of anilines is 1. The van der Waals surface area contributed by atoms with Gasteiger partial charge in [-0.05, 0) is 50.2 Å². The van der Waals surface area contributed by atoms with Crippen molar-refractivity contribution in [1.29, 1.82) is 0 Å². The summed E-state index contributed by atoms with van der Waals surface area (Å²) in [4.78, 5) is 29.0. The van der Waals surface area contributed by atoms with Gasteiger partial charge in [0.1, 0.15) is 11.4 Å². The lowest BCUT2D eigenvalue weighted by molar-refractivity contribution is -0.160. The minimum absolute atomic E-state index is 0. The Kier molecular flexibility index (Phi) is 10.3. The molecule has 2 saturated heterocycles. The van der Waals surface area contributed by atoms with Crippen molar-refractivity contribution >= 4 is 42.3 Å². The van der Waals surface area contributed by atoms with Crippen molar-refractivity contribution in [2.45, 2.75) is 18.4 Å². The molecule has 7 nitrogen and oxygen atoms in total. The number of piperidine rings is 1. The van der Waals surface area contributed by atoms with Crippen LogP contribution in [-0.4, -0.2) is 80.1 Å². The van der Waals surface area contributed by atoms with Crippen molar-refractivity contribution < 1.29 is 18.7 Å². The van der Waals surface area contributed by atoms with Crippen molar-refractivity contribution in [1.82, 2.24) is 15.1 Å². The van der Waals surface area contributed by atoms with Crippen molar-refractivity contribution in [2.24, 2.45) is 0 Å². The van der Waals surface area contributed by atoms with Gasteiger partial charge in [0.15, 0.2) is 0 Å². The standard InChI is InChI=1S/C19H27FN4O3.2ClH/c1-27-19(6-8-21-9-7-19)18(26)24-12-10-23(11-13-24)14-17(25)22-16-4-2-15(20)3-5-16;;/h2-5,21H,6-14H2,1H3,(H,22,25);2*1H. The highest BCUT2D eigenvalue weighted by atomic mass is 35.5. The van der Waals surface area contributed by atoms with Gasteiger partial charge in [-0.15, -0.1) is 24.8 Å². The highest BCUT2D eigenvalue weighted by Crippen LogP contribution is 2.25. The van der Waals surface area contributed by atoms with Crippen molar-refractivity contribution in [3.8, 4) is 0 Å². The van der Waals surface area contributed by atoms with Crippen molar-refractivity contribution in [2.75, 3.05) is 58.2 Å². The van der Waals surface area contributed by atoms with Crippen LogP contribution in [0.3, 0.4) is 0 Å². The maximum absolute atomic E-state index is 12.9. The smallest absolute Gasteiger partial charge is 0.254 e. The lowest BCUT2D eigenvalue weighted by atomic mass is 9.90. The van der Waals surface area contributed by atoms with E-state index in [2.05, 4.69) is 10.6 Å². The van der Waals surface area contributed by atoms with Crippen LogP contribution in [0.1, 0.15) is 12.8 Å². The number of carbonyl (C=O) groups is 2. The number of halogens is 3. The van der Waals surface area contributed by atoms with Crippen LogP contribution in [-0.2, 0) is 14.3 Å². The molecule has 2 aliphatic heterocycles. The van der Waals surface area contributed by atoms with E-state index in [1.165, 1.54) is 24.3 Å². The second-order valence-corrected chi connectivity index (χ2v) is 7.07. The molecule has 164 valence electrons. The highest BCUT2D eigenvalue weighted by molar-refractivity contribution is 5.92. The molecule has 2 amide bonds. The van der Waals surface area contributed by atoms with E-state index in [1.807, 2.05) is 9.80 Å². The summed E-state index contributed by atoms with van der Waals surface area (Å²) in [5, 5.41) is 6.02. The quantitative estimate of drug-likeness (QED) is 0.711. The molecule has 29 heavy (non-hydrogen) atoms. The average molecular weight is 451 g/mol. The first-order valence-corrected chi connectivity index (χ1v) is 9.35. The monoisotopic (exact) mass is 450 g/mol. The zero-order valence-electron chi connectivity index (χ0n) is 16.5. The summed E-state index contributed by atoms with van der Waals surface area (Å²) in [7, 11) is 1.61. The molecule has 1 aromatic carbocycles. The van der Waals surface area contributed by atoms with Crippen LogP contribution in [0.15, 0.2) is 24.3 Å². The fourth-order valence-electron chi connectivity index (χ4n) is 3.67. The lowest BCUT2D eigenvalue weighted by Crippen LogP contribution is -2.59. The summed E-state index contributed by atoms with van der Waals surface area (Å²) in [5.41, 5.74) is -0.143. The number of ether oxygens (including phenoxy) is 1. The van der Waals surface area contributed by atoms with E-state index in [9.17, 15) is 14.0 Å². The summed E-state index contributed by atoms with van der Waals surface area (Å²) in [5.74, 6) is -0.425. The first kappa shape index (κ1) is 25.6. The number of carbonyl (C=O) groups excluding carboxylic acids is 2. The second-order valence-electron chi connectivity index (χ2n) is 7.07. The molecule has 0 bridgehead atoms. The molecule has 2 fully saturated rings. The van der Waals surface area contributed by atoms with Gasteiger partial charge in [-0.3, -0.25) is 14.5 Å². The number of amides is 2. The van der Waals surface area contributed by atoms with Crippen LogP contribution >= 0.6 is 24.8 Å². The van der Waals surface area contributed by atoms with Gasteiger partial charge in [-0.2, -0.15) is 0 Å². The van der Waals surface area contributed by atoms with Crippen LogP contribution in [0.25, 0.3) is 0 Å². The molecule has 0 saturated carbocycles. The Labute approximate surface area is 183 Å². The van der Waals surface area contributed by atoms with Gasteiger partial charge in [0.2, 0.25) is 5.91 Å². The van der Waals surface area contributed by atoms with E-state index in [0.29, 0.717) is 44.7 Å². The number of benzene rings is 1. The molecule has 2 N–H and O–H groups in total. The Hall–Kier alpha value is -1.45. The normalized spacial score (nSPS) is 18.9. The van der Waals surface area contributed by atoms with Gasteiger partial charge >= 0.3 is 0 Å². The van der Waals surface area contributed by atoms with Gasteiger partial charge in [-0.25, -0.2) is 4.39 Å². The topological polar surface area (TPSA) is 73.9 Å². The first-order valence-electron chi connectivity index (χ1n) is 9.35. The zero-order chi connectivity index (χ0) is 19.3. The van der Waals surface area contributed by atoms with Crippen molar-refractivity contribution in [3.05, 3.63) is 30.1 Å². The molecule has 10 heteroatoms. The van der Waals surface area contributed by atoms with E-state index in [-0.39, 0.29) is 49.0 Å². The Balaban J connectivity index is 0.00000210. The Bertz CT molecular complexity index is 664. The molecule has 1 aromatic rings. The minimum atomic E-state index is -0.715. The third kappa shape index (κ3) is 6.52. The van der Waals surface area contributed by atoms with Crippen LogP contribution in [0.2, 0.25) is 0 Å². The average Bonchev–Trinajstić information content (AvgIpc) is 2.70. The van der Waals surface area contributed by atoms with Crippen molar-refractivity contribution in [3.63, 3.8) is 0 Å². The fourth-order valence-corrected chi connectivity index (χ4v) is 3.67. The van der Waals surface area contributed by atoms with Crippen LogP contribution in [0.5, 0.6) is 0 Å². The van der Waals surface area contributed by atoms with E-state index < -0.39 is 5.60 Å². The van der Waals surface area contributed by atoms with Gasteiger partial charge in [0.25, 0.3) is 5.91 Å². The highest BCUT2D eigenvalue weighted by Gasteiger charge is 2.43. The number of hydrogen-bond acceptors (Lipinski definition) is 5. The maximum atomic E-state index is 12.9. The Morgan fingerprint density at radius 3 is 2.24 bits per heavy atom. The molecule has 3 rings (SSSR count). The molecular weight excluding hydrogens is 422 g/mol. The summed E-state index contributed by atoms with van der Waals surface area (Å²) in [6.45, 7) is 4.26. The second kappa shape index (κ2) is 11.7. The van der Waals surface area contributed by atoms with Crippen LogP contribution in [0, 0.1) is 5.82 Å². The van der Waals surface area contributed by atoms with Gasteiger partial charge in [-0.1, -0.05) is 0 Å². The summed E-state index contributed by atoms with van der Waals surface area (Å²) in [6, 6.07) is 5.69. The SMILES string of the molecule is COC1(C(=O)N2CCN(CC(=O)Nc3ccc(F)cc3)CC2)CCNCC1.Cl.Cl. The molecule has 0 spiro atoms. The molecule has 0 unspecified atom stereocenters. The maximum Gasteiger partial charge on any atom is 0.254 e. The predicted octanol–water partition coefficient (Wildman–Crippen LogP) is 1.52. The molecule has 0 atom stereocenters. The number of hydrogen-bond donors (Lipinski definition) is 2. The lowest BCUT2D eigenvalue weighted by Gasteiger charge is -2.42. The van der Waals surface area contributed by atoms with Gasteiger partial charge in [0.05, 0.1) is 6.54 Å². The minimum Gasteiger partial charge on any atom is -0.368 e. The van der Waals surface area contributed by atoms with Crippen LogP contribution < -0.4 is 10.6 Å². The number of nitrogens with one attached hydrogen (secondary N) is 2. The van der Waals surface area contributed by atoms with Gasteiger partial charge in [0, 0.05) is 39.0 Å². The largest absolute Gasteiger partial charge is 0.368 e. The Morgan fingerprint density at radius 1 is 1.10 bits per heavy atom. The number of rotatable bonds is 5. The third-order valence-corrected chi connectivity index (χ3v) is 5.35. The molecular formula is C19H29Cl2FN4O3. The number of methoxy groups -OCH3 is 1. The summed E-state index contributed by atoms with van der Waals surface area (Å²) >= 11 is 0. The molecule has 2 aliphatic rings. The molecule has 0 aliphatic carbocycles. The Morgan fingerprint density at radius 2 is 1.69 bits per heavy atom. The fraction of sp³-hybridized carbons (Fsp3) is 0.579.